The highest BCUT2D eigenvalue weighted by Crippen LogP contribution is 1.95. The first-order valence-electron chi connectivity index (χ1n) is 5.42. The Bertz CT molecular complexity index is 352. The minimum Gasteiger partial charge on any atom is -0.383 e. The number of hydrogen-bond acceptors (Lipinski definition) is 3. The van der Waals surface area contributed by atoms with Gasteiger partial charge in [0, 0.05) is 33.9 Å². The van der Waals surface area contributed by atoms with Gasteiger partial charge < -0.3 is 10.2 Å². The van der Waals surface area contributed by atoms with E-state index in [4.69, 9.17) is 0 Å². The Kier molecular flexibility index (Phi) is 7.43. The minimum atomic E-state index is -0.183. The highest BCUT2D eigenvalue weighted by atomic mass is 16.1. The average Bonchev–Trinajstić information content (AvgIpc) is 2.30. The Morgan fingerprint density at radius 1 is 1.47 bits per heavy atom. The van der Waals surface area contributed by atoms with E-state index in [1.165, 1.54) is 0 Å². The van der Waals surface area contributed by atoms with Gasteiger partial charge in [-0.2, -0.15) is 0 Å². The highest BCUT2D eigenvalue weighted by molar-refractivity contribution is 6.43. The van der Waals surface area contributed by atoms with Crippen LogP contribution in [0.3, 0.4) is 0 Å². The standard InChI is InChI=1S/C13H21N3O/c1-6-8-12(14-3)13(17)15-9-11(7-2)10-16(4)5/h6-8,10H,2,9H2,1,3-5H3,(H,15,17)/b8-6-,11-10+,14-12?. The lowest BCUT2D eigenvalue weighted by atomic mass is 10.2. The van der Waals surface area contributed by atoms with Gasteiger partial charge in [0.05, 0.1) is 0 Å². The Morgan fingerprint density at radius 3 is 2.53 bits per heavy atom. The van der Waals surface area contributed by atoms with Crippen molar-refractivity contribution in [2.45, 2.75) is 6.92 Å². The van der Waals surface area contributed by atoms with E-state index < -0.39 is 0 Å². The summed E-state index contributed by atoms with van der Waals surface area (Å²) in [6.45, 7) is 5.99. The number of hydrogen-bond donors (Lipinski definition) is 1. The molecule has 0 bridgehead atoms. The van der Waals surface area contributed by atoms with Crippen molar-refractivity contribution < 1.29 is 4.79 Å². The lowest BCUT2D eigenvalue weighted by Crippen LogP contribution is -2.31. The second kappa shape index (κ2) is 8.33. The summed E-state index contributed by atoms with van der Waals surface area (Å²) in [5.74, 6) is -0.183. The van der Waals surface area contributed by atoms with Gasteiger partial charge in [-0.3, -0.25) is 9.79 Å². The average molecular weight is 235 g/mol. The van der Waals surface area contributed by atoms with E-state index in [1.807, 2.05) is 32.1 Å². The van der Waals surface area contributed by atoms with Crippen LogP contribution >= 0.6 is 0 Å². The van der Waals surface area contributed by atoms with Crippen LogP contribution < -0.4 is 5.32 Å². The SMILES string of the molecule is C=C/C(=C\N(C)C)CNC(=O)C(/C=C\C)=NC. The number of allylic oxidation sites excluding steroid dienone is 1. The van der Waals surface area contributed by atoms with Crippen molar-refractivity contribution in [3.8, 4) is 0 Å². The highest BCUT2D eigenvalue weighted by Gasteiger charge is 2.06. The molecule has 0 unspecified atom stereocenters. The molecule has 0 radical (unpaired) electrons. The molecule has 1 N–H and O–H groups in total. The van der Waals surface area contributed by atoms with Crippen molar-refractivity contribution in [2.75, 3.05) is 27.7 Å². The summed E-state index contributed by atoms with van der Waals surface area (Å²) in [6, 6.07) is 0. The number of nitrogens with zero attached hydrogens (tertiary/aromatic N) is 2. The first kappa shape index (κ1) is 15.2. The first-order chi connectivity index (χ1) is 8.04. The van der Waals surface area contributed by atoms with E-state index in [-0.39, 0.29) is 5.91 Å². The van der Waals surface area contributed by atoms with Crippen LogP contribution in [0.1, 0.15) is 6.92 Å². The fourth-order valence-electron chi connectivity index (χ4n) is 1.18. The molecule has 0 atom stereocenters. The third-order valence-corrected chi connectivity index (χ3v) is 1.94. The largest absolute Gasteiger partial charge is 0.383 e. The Morgan fingerprint density at radius 2 is 2.12 bits per heavy atom. The second-order valence-electron chi connectivity index (χ2n) is 3.66. The maximum absolute atomic E-state index is 11.7. The molecule has 0 spiro atoms. The maximum Gasteiger partial charge on any atom is 0.269 e. The normalized spacial score (nSPS) is 12.7. The van der Waals surface area contributed by atoms with Crippen LogP contribution in [-0.4, -0.2) is 44.2 Å². The number of nitrogens with one attached hydrogen (secondary N) is 1. The van der Waals surface area contributed by atoms with Crippen LogP contribution in [0.25, 0.3) is 0 Å². The molecule has 0 aromatic carbocycles. The van der Waals surface area contributed by atoms with Crippen LogP contribution in [0, 0.1) is 0 Å². The van der Waals surface area contributed by atoms with E-state index in [0.29, 0.717) is 12.3 Å². The van der Waals surface area contributed by atoms with E-state index in [0.717, 1.165) is 5.57 Å². The molecule has 0 aliphatic carbocycles. The molecule has 0 saturated heterocycles. The van der Waals surface area contributed by atoms with Crippen molar-refractivity contribution in [2.24, 2.45) is 4.99 Å². The van der Waals surface area contributed by atoms with Crippen LogP contribution in [0.15, 0.2) is 41.6 Å². The van der Waals surface area contributed by atoms with E-state index >= 15 is 0 Å². The van der Waals surface area contributed by atoms with Crippen molar-refractivity contribution >= 4 is 11.6 Å². The Balaban J connectivity index is 4.46. The summed E-state index contributed by atoms with van der Waals surface area (Å²) >= 11 is 0. The van der Waals surface area contributed by atoms with Crippen LogP contribution in [-0.2, 0) is 4.79 Å². The second-order valence-corrected chi connectivity index (χ2v) is 3.66. The lowest BCUT2D eigenvalue weighted by Gasteiger charge is -2.10. The molecule has 0 aliphatic rings. The molecule has 4 heteroatoms. The molecular formula is C13H21N3O. The molecule has 0 saturated carbocycles. The maximum atomic E-state index is 11.7. The number of amides is 1. The number of carbonyl (C=O) groups is 1. The van der Waals surface area contributed by atoms with E-state index in [9.17, 15) is 4.79 Å². The molecule has 0 fully saturated rings. The molecule has 94 valence electrons. The summed E-state index contributed by atoms with van der Waals surface area (Å²) in [5, 5.41) is 2.79. The van der Waals surface area contributed by atoms with Gasteiger partial charge in [0.15, 0.2) is 0 Å². The lowest BCUT2D eigenvalue weighted by molar-refractivity contribution is -0.114. The van der Waals surface area contributed by atoms with Gasteiger partial charge in [0.25, 0.3) is 5.91 Å². The number of carbonyl (C=O) groups excluding carboxylic acids is 1. The summed E-state index contributed by atoms with van der Waals surface area (Å²) in [5.41, 5.74) is 1.36. The van der Waals surface area contributed by atoms with Gasteiger partial charge in [0.1, 0.15) is 5.71 Å². The van der Waals surface area contributed by atoms with Gasteiger partial charge in [0.2, 0.25) is 0 Å². The summed E-state index contributed by atoms with van der Waals surface area (Å²) < 4.78 is 0. The molecule has 0 aromatic heterocycles. The zero-order valence-corrected chi connectivity index (χ0v) is 11.0. The Labute approximate surface area is 103 Å². The summed E-state index contributed by atoms with van der Waals surface area (Å²) in [7, 11) is 5.44. The summed E-state index contributed by atoms with van der Waals surface area (Å²) in [6.07, 6.45) is 7.09. The Hall–Kier alpha value is -1.84. The van der Waals surface area contributed by atoms with Gasteiger partial charge in [-0.25, -0.2) is 0 Å². The van der Waals surface area contributed by atoms with Crippen molar-refractivity contribution in [1.82, 2.24) is 10.2 Å². The minimum absolute atomic E-state index is 0.183. The zero-order valence-electron chi connectivity index (χ0n) is 11.0. The molecule has 0 heterocycles. The van der Waals surface area contributed by atoms with E-state index in [2.05, 4.69) is 16.9 Å². The first-order valence-corrected chi connectivity index (χ1v) is 5.42. The quantitative estimate of drug-likeness (QED) is 0.558. The van der Waals surface area contributed by atoms with Gasteiger partial charge >= 0.3 is 0 Å². The monoisotopic (exact) mass is 235 g/mol. The third kappa shape index (κ3) is 6.35. The summed E-state index contributed by atoms with van der Waals surface area (Å²) in [4.78, 5) is 17.5. The van der Waals surface area contributed by atoms with Crippen molar-refractivity contribution in [1.29, 1.82) is 0 Å². The molecular weight excluding hydrogens is 214 g/mol. The fourth-order valence-corrected chi connectivity index (χ4v) is 1.18. The molecule has 0 aliphatic heterocycles. The van der Waals surface area contributed by atoms with Crippen molar-refractivity contribution in [3.63, 3.8) is 0 Å². The predicted octanol–water partition coefficient (Wildman–Crippen LogP) is 1.38. The topological polar surface area (TPSA) is 44.7 Å². The third-order valence-electron chi connectivity index (χ3n) is 1.94. The van der Waals surface area contributed by atoms with Crippen LogP contribution in [0.5, 0.6) is 0 Å². The van der Waals surface area contributed by atoms with Gasteiger partial charge in [-0.05, 0) is 18.6 Å². The van der Waals surface area contributed by atoms with Gasteiger partial charge in [-0.15, -0.1) is 0 Å². The van der Waals surface area contributed by atoms with Gasteiger partial charge in [-0.1, -0.05) is 18.7 Å². The molecule has 4 nitrogen and oxygen atoms in total. The van der Waals surface area contributed by atoms with Crippen LogP contribution in [0.2, 0.25) is 0 Å². The van der Waals surface area contributed by atoms with E-state index in [1.54, 1.807) is 25.3 Å². The molecule has 0 rings (SSSR count). The predicted molar refractivity (Wildman–Crippen MR) is 73.1 cm³/mol. The molecule has 0 aromatic rings. The number of rotatable bonds is 6. The zero-order chi connectivity index (χ0) is 13.3. The molecule has 17 heavy (non-hydrogen) atoms. The number of aliphatic imine (C=N–C) groups is 1. The fraction of sp³-hybridized carbons (Fsp3) is 0.385. The van der Waals surface area contributed by atoms with Crippen LogP contribution in [0.4, 0.5) is 0 Å². The smallest absolute Gasteiger partial charge is 0.269 e. The van der Waals surface area contributed by atoms with Crippen molar-refractivity contribution in [3.05, 3.63) is 36.6 Å². The molecule has 1 amide bonds.